The van der Waals surface area contributed by atoms with E-state index in [-0.39, 0.29) is 17.7 Å². The summed E-state index contributed by atoms with van der Waals surface area (Å²) in [6, 6.07) is 10.8. The molecule has 2 N–H and O–H groups in total. The van der Waals surface area contributed by atoms with Crippen molar-refractivity contribution in [3.05, 3.63) is 106 Å². The van der Waals surface area contributed by atoms with Crippen LogP contribution >= 0.6 is 0 Å². The molecule has 0 aromatic heterocycles. The predicted molar refractivity (Wildman–Crippen MR) is 134 cm³/mol. The van der Waals surface area contributed by atoms with Gasteiger partial charge in [0.05, 0.1) is 17.2 Å². The van der Waals surface area contributed by atoms with Gasteiger partial charge in [0.15, 0.2) is 0 Å². The second-order valence-corrected chi connectivity index (χ2v) is 9.55. The lowest BCUT2D eigenvalue weighted by Gasteiger charge is -2.26. The van der Waals surface area contributed by atoms with Gasteiger partial charge in [0.1, 0.15) is 11.6 Å². The van der Waals surface area contributed by atoms with E-state index in [2.05, 4.69) is 29.7 Å². The van der Waals surface area contributed by atoms with E-state index in [1.165, 1.54) is 5.56 Å². The van der Waals surface area contributed by atoms with Crippen molar-refractivity contribution in [1.29, 1.82) is 0 Å². The zero-order valence-electron chi connectivity index (χ0n) is 21.5. The van der Waals surface area contributed by atoms with Crippen molar-refractivity contribution in [3.63, 3.8) is 0 Å². The molecule has 0 aliphatic heterocycles. The highest BCUT2D eigenvalue weighted by Crippen LogP contribution is 2.36. The quantitative estimate of drug-likeness (QED) is 0.302. The van der Waals surface area contributed by atoms with Gasteiger partial charge in [-0.05, 0) is 61.2 Å². The third-order valence-corrected chi connectivity index (χ3v) is 6.37. The Hall–Kier alpha value is -3.63. The Bertz CT molecular complexity index is 1270. The number of alkyl halides is 6. The van der Waals surface area contributed by atoms with E-state index in [4.69, 9.17) is 0 Å². The molecule has 1 aliphatic rings. The molecule has 0 unspecified atom stereocenters. The van der Waals surface area contributed by atoms with Crippen LogP contribution in [0.3, 0.4) is 0 Å². The van der Waals surface area contributed by atoms with E-state index in [0.717, 1.165) is 25.3 Å². The lowest BCUT2D eigenvalue weighted by molar-refractivity contribution is -0.140. The number of halogens is 8. The summed E-state index contributed by atoms with van der Waals surface area (Å²) in [5.74, 6) is -2.88. The first-order chi connectivity index (χ1) is 18.7. The fraction of sp³-hybridized carbons (Fsp3) is 0.345. The van der Waals surface area contributed by atoms with Crippen molar-refractivity contribution in [2.75, 3.05) is 0 Å². The molecule has 1 atom stereocenters. The van der Waals surface area contributed by atoms with Crippen LogP contribution in [-0.2, 0) is 12.4 Å². The van der Waals surface area contributed by atoms with Crippen LogP contribution in [0.25, 0.3) is 0 Å². The fourth-order valence-corrected chi connectivity index (χ4v) is 4.38. The van der Waals surface area contributed by atoms with Crippen molar-refractivity contribution in [2.45, 2.75) is 63.5 Å². The van der Waals surface area contributed by atoms with Crippen LogP contribution in [0.1, 0.15) is 66.0 Å². The van der Waals surface area contributed by atoms with Gasteiger partial charge in [0, 0.05) is 6.04 Å². The van der Waals surface area contributed by atoms with Gasteiger partial charge in [0.25, 0.3) is 0 Å². The van der Waals surface area contributed by atoms with Crippen LogP contribution in [0, 0.1) is 18.6 Å². The van der Waals surface area contributed by atoms with Crippen LogP contribution in [0.4, 0.5) is 39.9 Å². The van der Waals surface area contributed by atoms with Crippen LogP contribution in [-0.4, -0.2) is 12.1 Å². The normalized spacial score (nSPS) is 15.0. The highest BCUT2D eigenvalue weighted by molar-refractivity contribution is 5.75. The van der Waals surface area contributed by atoms with Crippen molar-refractivity contribution in [1.82, 2.24) is 10.6 Å². The first-order valence-corrected chi connectivity index (χ1v) is 12.6. The molecule has 0 saturated heterocycles. The number of benzene rings is 3. The van der Waals surface area contributed by atoms with E-state index < -0.39 is 52.8 Å². The third kappa shape index (κ3) is 8.96. The minimum Gasteiger partial charge on any atom is -0.335 e. The Balaban J connectivity index is 0.000000547. The molecular weight excluding hydrogens is 544 g/mol. The van der Waals surface area contributed by atoms with E-state index in [0.29, 0.717) is 37.1 Å². The zero-order valence-corrected chi connectivity index (χ0v) is 21.5. The lowest BCUT2D eigenvalue weighted by atomic mass is 9.94. The number of aryl methyl sites for hydroxylation is 1. The molecule has 3 nitrogen and oxygen atoms in total. The van der Waals surface area contributed by atoms with Gasteiger partial charge in [-0.15, -0.1) is 0 Å². The highest BCUT2D eigenvalue weighted by atomic mass is 19.4. The maximum atomic E-state index is 14.0. The number of carbonyl (C=O) groups is 1. The second kappa shape index (κ2) is 13.1. The molecule has 216 valence electrons. The number of hydrogen-bond donors (Lipinski definition) is 2. The zero-order chi connectivity index (χ0) is 29.5. The topological polar surface area (TPSA) is 41.1 Å². The SMILES string of the molecule is Cc1ccccc1.O=C(NC1CCCCC1)N[C@@H](c1cc(F)cc(C(F)(F)F)c1)c1ccc(F)c(C(F)(F)F)c1. The van der Waals surface area contributed by atoms with Crippen molar-refractivity contribution < 1.29 is 39.9 Å². The van der Waals surface area contributed by atoms with E-state index in [1.54, 1.807) is 0 Å². The minimum atomic E-state index is -5.09. The van der Waals surface area contributed by atoms with Crippen LogP contribution in [0.2, 0.25) is 0 Å². The molecule has 2 amide bonds. The molecule has 1 saturated carbocycles. The average Bonchev–Trinajstić information content (AvgIpc) is 2.87. The predicted octanol–water partition coefficient (Wildman–Crippen LogP) is 8.72. The summed E-state index contributed by atoms with van der Waals surface area (Å²) in [7, 11) is 0. The molecule has 0 spiro atoms. The Morgan fingerprint density at radius 2 is 1.45 bits per heavy atom. The largest absolute Gasteiger partial charge is 0.419 e. The summed E-state index contributed by atoms with van der Waals surface area (Å²) in [5, 5.41) is 4.97. The first-order valence-electron chi connectivity index (χ1n) is 12.6. The van der Waals surface area contributed by atoms with Crippen molar-refractivity contribution in [2.24, 2.45) is 0 Å². The van der Waals surface area contributed by atoms with Gasteiger partial charge in [-0.3, -0.25) is 0 Å². The number of urea groups is 1. The molecular formula is C29H28F8N2O. The standard InChI is InChI=1S/C22H20F8N2O.C7H8/c23-15-9-13(8-14(11-15)21(25,26)27)19(32-20(33)31-16-4-2-1-3-5-16)12-6-7-18(24)17(10-12)22(28,29)30;1-7-5-3-2-4-6-7/h6-11,16,19H,1-5H2,(H2,31,32,33);2-6H,1H3/t19-;/m1./s1. The summed E-state index contributed by atoms with van der Waals surface area (Å²) in [6.45, 7) is 2.08. The summed E-state index contributed by atoms with van der Waals surface area (Å²) in [5.41, 5.74) is -2.52. The van der Waals surface area contributed by atoms with Gasteiger partial charge < -0.3 is 10.6 Å². The van der Waals surface area contributed by atoms with Crippen molar-refractivity contribution >= 4 is 6.03 Å². The smallest absolute Gasteiger partial charge is 0.335 e. The number of carbonyl (C=O) groups excluding carboxylic acids is 1. The van der Waals surface area contributed by atoms with Crippen LogP contribution < -0.4 is 10.6 Å². The van der Waals surface area contributed by atoms with E-state index in [9.17, 15) is 39.9 Å². The van der Waals surface area contributed by atoms with Gasteiger partial charge in [-0.2, -0.15) is 26.3 Å². The highest BCUT2D eigenvalue weighted by Gasteiger charge is 2.36. The summed E-state index contributed by atoms with van der Waals surface area (Å²) in [6.07, 6.45) is -5.97. The monoisotopic (exact) mass is 572 g/mol. The van der Waals surface area contributed by atoms with Crippen LogP contribution in [0.15, 0.2) is 66.7 Å². The average molecular weight is 573 g/mol. The molecule has 4 rings (SSSR count). The Kier molecular flexibility index (Phi) is 10.2. The molecule has 3 aromatic rings. The molecule has 11 heteroatoms. The molecule has 1 fully saturated rings. The van der Waals surface area contributed by atoms with Gasteiger partial charge >= 0.3 is 18.4 Å². The molecule has 40 heavy (non-hydrogen) atoms. The lowest BCUT2D eigenvalue weighted by Crippen LogP contribution is -2.44. The molecule has 0 heterocycles. The maximum absolute atomic E-state index is 14.0. The molecule has 1 aliphatic carbocycles. The minimum absolute atomic E-state index is 0.211. The van der Waals surface area contributed by atoms with Gasteiger partial charge in [-0.1, -0.05) is 61.2 Å². The molecule has 0 bridgehead atoms. The number of nitrogens with one attached hydrogen (secondary N) is 2. The Morgan fingerprint density at radius 1 is 0.800 bits per heavy atom. The van der Waals surface area contributed by atoms with Gasteiger partial charge in [-0.25, -0.2) is 13.6 Å². The number of rotatable bonds is 4. The van der Waals surface area contributed by atoms with E-state index >= 15 is 0 Å². The number of amides is 2. The second-order valence-electron chi connectivity index (χ2n) is 9.55. The Morgan fingerprint density at radius 3 is 2.00 bits per heavy atom. The summed E-state index contributed by atoms with van der Waals surface area (Å²) >= 11 is 0. The number of hydrogen-bond acceptors (Lipinski definition) is 1. The van der Waals surface area contributed by atoms with E-state index in [1.807, 2.05) is 18.2 Å². The summed E-state index contributed by atoms with van der Waals surface area (Å²) in [4.78, 5) is 12.5. The van der Waals surface area contributed by atoms with Crippen molar-refractivity contribution in [3.8, 4) is 0 Å². The molecule has 3 aromatic carbocycles. The fourth-order valence-electron chi connectivity index (χ4n) is 4.38. The van der Waals surface area contributed by atoms with Gasteiger partial charge in [0.2, 0.25) is 0 Å². The van der Waals surface area contributed by atoms with Crippen LogP contribution in [0.5, 0.6) is 0 Å². The third-order valence-electron chi connectivity index (χ3n) is 6.37. The molecule has 0 radical (unpaired) electrons. The Labute approximate surface area is 226 Å². The maximum Gasteiger partial charge on any atom is 0.419 e. The first kappa shape index (κ1) is 30.9. The summed E-state index contributed by atoms with van der Waals surface area (Å²) < 4.78 is 107.